The van der Waals surface area contributed by atoms with Crippen molar-refractivity contribution < 1.29 is 23.8 Å². The van der Waals surface area contributed by atoms with Gasteiger partial charge in [-0.15, -0.1) is 0 Å². The van der Waals surface area contributed by atoms with Gasteiger partial charge in [0.15, 0.2) is 0 Å². The molecule has 0 aliphatic rings. The molecule has 1 aromatic rings. The van der Waals surface area contributed by atoms with Crippen LogP contribution in [-0.4, -0.2) is 36.2 Å². The molecule has 0 spiro atoms. The third-order valence-electron chi connectivity index (χ3n) is 3.30. The molecule has 0 saturated carbocycles. The van der Waals surface area contributed by atoms with E-state index in [0.717, 1.165) is 6.07 Å². The number of amides is 1. The quantitative estimate of drug-likeness (QED) is 0.774. The molecule has 0 saturated heterocycles. The fourth-order valence-electron chi connectivity index (χ4n) is 2.08. The predicted molar refractivity (Wildman–Crippen MR) is 80.6 cm³/mol. The Balaban J connectivity index is 2.60. The minimum Gasteiger partial charge on any atom is -0.478 e. The van der Waals surface area contributed by atoms with Gasteiger partial charge in [0.25, 0.3) is 5.91 Å². The van der Waals surface area contributed by atoms with Crippen LogP contribution in [-0.2, 0) is 4.74 Å². The number of carboxylic acid groups (broad SMARTS) is 1. The van der Waals surface area contributed by atoms with E-state index in [9.17, 15) is 14.0 Å². The summed E-state index contributed by atoms with van der Waals surface area (Å²) in [6.07, 6.45) is 0.663. The van der Waals surface area contributed by atoms with E-state index in [-0.39, 0.29) is 17.2 Å². The van der Waals surface area contributed by atoms with Crippen molar-refractivity contribution in [3.05, 3.63) is 35.1 Å². The van der Waals surface area contributed by atoms with Crippen molar-refractivity contribution in [3.63, 3.8) is 0 Å². The van der Waals surface area contributed by atoms with E-state index < -0.39 is 17.7 Å². The van der Waals surface area contributed by atoms with Crippen LogP contribution in [0.4, 0.5) is 4.39 Å². The molecule has 0 radical (unpaired) electrons. The lowest BCUT2D eigenvalue weighted by Crippen LogP contribution is -2.30. The van der Waals surface area contributed by atoms with Gasteiger partial charge in [-0.2, -0.15) is 0 Å². The molecule has 1 amide bonds. The number of carbonyl (C=O) groups excluding carboxylic acids is 1. The highest BCUT2D eigenvalue weighted by atomic mass is 19.1. The first kappa shape index (κ1) is 18.1. The second-order valence-electron chi connectivity index (χ2n) is 5.28. The molecular weight excluding hydrogens is 289 g/mol. The molecule has 0 aliphatic heterocycles. The fourth-order valence-corrected chi connectivity index (χ4v) is 2.08. The van der Waals surface area contributed by atoms with Gasteiger partial charge in [-0.25, -0.2) is 9.18 Å². The predicted octanol–water partition coefficient (Wildman–Crippen LogP) is 2.70. The van der Waals surface area contributed by atoms with Crippen LogP contribution in [0.2, 0.25) is 0 Å². The number of carboxylic acids is 1. The number of rotatable bonds is 8. The third-order valence-corrected chi connectivity index (χ3v) is 3.30. The van der Waals surface area contributed by atoms with Crippen molar-refractivity contribution in [1.82, 2.24) is 5.32 Å². The van der Waals surface area contributed by atoms with Gasteiger partial charge in [0.2, 0.25) is 0 Å². The first-order chi connectivity index (χ1) is 10.4. The van der Waals surface area contributed by atoms with Gasteiger partial charge in [-0.3, -0.25) is 4.79 Å². The summed E-state index contributed by atoms with van der Waals surface area (Å²) in [6.45, 7) is 6.94. The van der Waals surface area contributed by atoms with Gasteiger partial charge in [0.1, 0.15) is 5.82 Å². The molecule has 1 atom stereocenters. The van der Waals surface area contributed by atoms with Crippen molar-refractivity contribution in [1.29, 1.82) is 0 Å². The van der Waals surface area contributed by atoms with E-state index in [1.807, 2.05) is 20.8 Å². The summed E-state index contributed by atoms with van der Waals surface area (Å²) in [5.74, 6) is -2.32. The lowest BCUT2D eigenvalue weighted by Gasteiger charge is -2.20. The molecule has 5 nitrogen and oxygen atoms in total. The van der Waals surface area contributed by atoms with Crippen LogP contribution in [0.3, 0.4) is 0 Å². The first-order valence-electron chi connectivity index (χ1n) is 7.29. The Labute approximate surface area is 129 Å². The molecule has 6 heteroatoms. The summed E-state index contributed by atoms with van der Waals surface area (Å²) >= 11 is 0. The molecular formula is C16H22FNO4. The topological polar surface area (TPSA) is 75.6 Å². The van der Waals surface area contributed by atoms with Gasteiger partial charge >= 0.3 is 5.97 Å². The molecule has 0 bridgehead atoms. The van der Waals surface area contributed by atoms with Crippen LogP contribution in [0.1, 0.15) is 47.9 Å². The maximum absolute atomic E-state index is 13.7. The van der Waals surface area contributed by atoms with Gasteiger partial charge in [-0.05, 0) is 37.5 Å². The van der Waals surface area contributed by atoms with Crippen LogP contribution in [0.15, 0.2) is 18.2 Å². The van der Waals surface area contributed by atoms with Crippen LogP contribution in [0.5, 0.6) is 0 Å². The average molecular weight is 311 g/mol. The van der Waals surface area contributed by atoms with E-state index in [4.69, 9.17) is 9.84 Å². The molecule has 22 heavy (non-hydrogen) atoms. The molecule has 2 N–H and O–H groups in total. The minimum atomic E-state index is -1.23. The summed E-state index contributed by atoms with van der Waals surface area (Å²) in [4.78, 5) is 22.6. The van der Waals surface area contributed by atoms with E-state index in [1.54, 1.807) is 0 Å². The van der Waals surface area contributed by atoms with Crippen molar-refractivity contribution in [2.24, 2.45) is 5.92 Å². The van der Waals surface area contributed by atoms with Gasteiger partial charge in [0.05, 0.1) is 17.2 Å². The van der Waals surface area contributed by atoms with E-state index in [1.165, 1.54) is 12.1 Å². The zero-order valence-electron chi connectivity index (χ0n) is 13.1. The van der Waals surface area contributed by atoms with Crippen molar-refractivity contribution in [2.45, 2.75) is 33.3 Å². The number of hydrogen-bond acceptors (Lipinski definition) is 3. The highest BCUT2D eigenvalue weighted by Gasteiger charge is 2.16. The maximum Gasteiger partial charge on any atom is 0.335 e. The Morgan fingerprint density at radius 1 is 1.36 bits per heavy atom. The second kappa shape index (κ2) is 8.48. The Morgan fingerprint density at radius 2 is 2.05 bits per heavy atom. The van der Waals surface area contributed by atoms with Gasteiger partial charge in [-0.1, -0.05) is 13.8 Å². The summed E-state index contributed by atoms with van der Waals surface area (Å²) in [6, 6.07) is 3.22. The second-order valence-corrected chi connectivity index (χ2v) is 5.28. The number of carbonyl (C=O) groups is 2. The normalized spacial score (nSPS) is 12.2. The van der Waals surface area contributed by atoms with Crippen LogP contribution >= 0.6 is 0 Å². The molecule has 0 aromatic heterocycles. The molecule has 1 aromatic carbocycles. The van der Waals surface area contributed by atoms with Gasteiger partial charge in [0, 0.05) is 13.2 Å². The molecule has 1 rings (SSSR count). The molecule has 0 fully saturated rings. The third kappa shape index (κ3) is 5.11. The van der Waals surface area contributed by atoms with E-state index in [0.29, 0.717) is 25.5 Å². The number of aromatic carboxylic acids is 1. The summed E-state index contributed by atoms with van der Waals surface area (Å²) in [5.41, 5.74) is -0.354. The Morgan fingerprint density at radius 3 is 2.55 bits per heavy atom. The highest BCUT2D eigenvalue weighted by Crippen LogP contribution is 2.12. The average Bonchev–Trinajstić information content (AvgIpc) is 2.45. The maximum atomic E-state index is 13.7. The fraction of sp³-hybridized carbons (Fsp3) is 0.500. The largest absolute Gasteiger partial charge is 0.478 e. The number of benzene rings is 1. The Hall–Kier alpha value is -1.95. The SMILES string of the molecule is CCOC(CCNC(=O)c1ccc(C(=O)O)cc1F)C(C)C. The van der Waals surface area contributed by atoms with Crippen molar-refractivity contribution >= 4 is 11.9 Å². The smallest absolute Gasteiger partial charge is 0.335 e. The molecule has 0 heterocycles. The Bertz CT molecular complexity index is 531. The molecule has 122 valence electrons. The zero-order valence-corrected chi connectivity index (χ0v) is 13.1. The van der Waals surface area contributed by atoms with E-state index >= 15 is 0 Å². The number of nitrogens with one attached hydrogen (secondary N) is 1. The Kier molecular flexibility index (Phi) is 6.98. The monoisotopic (exact) mass is 311 g/mol. The number of ether oxygens (including phenoxy) is 1. The molecule has 1 unspecified atom stereocenters. The van der Waals surface area contributed by atoms with Crippen molar-refractivity contribution in [3.8, 4) is 0 Å². The standard InChI is InChI=1S/C16H22FNO4/c1-4-22-14(10(2)3)7-8-18-15(19)12-6-5-11(16(20)21)9-13(12)17/h5-6,9-10,14H,4,7-8H2,1-3H3,(H,18,19)(H,20,21). The summed E-state index contributed by atoms with van der Waals surface area (Å²) in [5, 5.41) is 11.4. The van der Waals surface area contributed by atoms with Gasteiger partial charge < -0.3 is 15.2 Å². The first-order valence-corrected chi connectivity index (χ1v) is 7.29. The molecule has 0 aliphatic carbocycles. The summed E-state index contributed by atoms with van der Waals surface area (Å²) < 4.78 is 19.3. The zero-order chi connectivity index (χ0) is 16.7. The number of hydrogen-bond donors (Lipinski definition) is 2. The van der Waals surface area contributed by atoms with Crippen molar-refractivity contribution in [2.75, 3.05) is 13.2 Å². The lowest BCUT2D eigenvalue weighted by molar-refractivity contribution is 0.0251. The highest BCUT2D eigenvalue weighted by molar-refractivity contribution is 5.96. The summed E-state index contributed by atoms with van der Waals surface area (Å²) in [7, 11) is 0. The van der Waals surface area contributed by atoms with Crippen LogP contribution < -0.4 is 5.32 Å². The lowest BCUT2D eigenvalue weighted by atomic mass is 10.0. The number of halogens is 1. The minimum absolute atomic E-state index is 0.0320. The van der Waals surface area contributed by atoms with Crippen LogP contribution in [0.25, 0.3) is 0 Å². The van der Waals surface area contributed by atoms with E-state index in [2.05, 4.69) is 5.32 Å². The van der Waals surface area contributed by atoms with Crippen LogP contribution in [0, 0.1) is 11.7 Å².